The van der Waals surface area contributed by atoms with Gasteiger partial charge in [0.05, 0.1) is 0 Å². The summed E-state index contributed by atoms with van der Waals surface area (Å²) in [6.07, 6.45) is 2.96. The molecule has 0 aliphatic carbocycles. The second-order valence-electron chi connectivity index (χ2n) is 5.13. The molecule has 1 unspecified atom stereocenters. The summed E-state index contributed by atoms with van der Waals surface area (Å²) in [6, 6.07) is 2.62. The molecule has 1 aromatic rings. The van der Waals surface area contributed by atoms with Crippen LogP contribution in [0.15, 0.2) is 12.1 Å². The predicted molar refractivity (Wildman–Crippen MR) is 76.2 cm³/mol. The third-order valence-corrected chi connectivity index (χ3v) is 3.75. The van der Waals surface area contributed by atoms with Crippen molar-refractivity contribution >= 4 is 0 Å². The van der Waals surface area contributed by atoms with Crippen molar-refractivity contribution in [3.8, 4) is 0 Å². The van der Waals surface area contributed by atoms with Gasteiger partial charge in [-0.2, -0.15) is 0 Å². The molecule has 0 radical (unpaired) electrons. The maximum atomic E-state index is 14.1. The summed E-state index contributed by atoms with van der Waals surface area (Å²) in [5, 5.41) is 3.41. The van der Waals surface area contributed by atoms with E-state index in [-0.39, 0.29) is 6.04 Å². The molecule has 0 amide bonds. The predicted octanol–water partition coefficient (Wildman–Crippen LogP) is 4.75. The van der Waals surface area contributed by atoms with Gasteiger partial charge in [-0.1, -0.05) is 33.6 Å². The average molecular weight is 269 g/mol. The van der Waals surface area contributed by atoms with Crippen LogP contribution >= 0.6 is 0 Å². The van der Waals surface area contributed by atoms with Crippen LogP contribution in [0, 0.1) is 24.5 Å². The van der Waals surface area contributed by atoms with Gasteiger partial charge < -0.3 is 5.32 Å². The second-order valence-corrected chi connectivity index (χ2v) is 5.13. The van der Waals surface area contributed by atoms with Gasteiger partial charge >= 0.3 is 0 Å². The van der Waals surface area contributed by atoms with E-state index < -0.39 is 11.6 Å². The number of hydrogen-bond donors (Lipinski definition) is 1. The zero-order valence-electron chi connectivity index (χ0n) is 12.4. The lowest BCUT2D eigenvalue weighted by Crippen LogP contribution is -2.29. The molecule has 3 heteroatoms. The Hall–Kier alpha value is -0.960. The van der Waals surface area contributed by atoms with Crippen LogP contribution in [0.5, 0.6) is 0 Å². The van der Waals surface area contributed by atoms with Crippen LogP contribution in [-0.2, 0) is 0 Å². The minimum absolute atomic E-state index is 0.0331. The number of rotatable bonds is 7. The third-order valence-electron chi connectivity index (χ3n) is 3.75. The highest BCUT2D eigenvalue weighted by molar-refractivity contribution is 5.28. The highest BCUT2D eigenvalue weighted by Crippen LogP contribution is 2.30. The molecule has 0 spiro atoms. The average Bonchev–Trinajstić information content (AvgIpc) is 2.39. The Bertz CT molecular complexity index is 400. The van der Waals surface area contributed by atoms with E-state index in [4.69, 9.17) is 0 Å². The summed E-state index contributed by atoms with van der Waals surface area (Å²) in [4.78, 5) is 0. The quantitative estimate of drug-likeness (QED) is 0.753. The van der Waals surface area contributed by atoms with Gasteiger partial charge in [-0.25, -0.2) is 8.78 Å². The zero-order chi connectivity index (χ0) is 14.4. The van der Waals surface area contributed by atoms with Gasteiger partial charge in [0.15, 0.2) is 0 Å². The monoisotopic (exact) mass is 269 g/mol. The van der Waals surface area contributed by atoms with E-state index >= 15 is 0 Å². The van der Waals surface area contributed by atoms with E-state index in [1.165, 1.54) is 0 Å². The van der Waals surface area contributed by atoms with Gasteiger partial charge in [-0.3, -0.25) is 0 Å². The fourth-order valence-corrected chi connectivity index (χ4v) is 2.51. The molecule has 1 nitrogen and oxygen atoms in total. The molecule has 1 aromatic carbocycles. The topological polar surface area (TPSA) is 12.0 Å². The SMILES string of the molecule is CCCNC(c1cc(C)c(F)cc1F)C(CC)CC. The molecule has 0 aliphatic rings. The molecule has 19 heavy (non-hydrogen) atoms. The lowest BCUT2D eigenvalue weighted by Gasteiger charge is -2.27. The van der Waals surface area contributed by atoms with E-state index in [0.717, 1.165) is 31.9 Å². The van der Waals surface area contributed by atoms with E-state index in [1.54, 1.807) is 13.0 Å². The van der Waals surface area contributed by atoms with Crippen molar-refractivity contribution in [2.45, 2.75) is 53.0 Å². The van der Waals surface area contributed by atoms with Crippen LogP contribution < -0.4 is 5.32 Å². The largest absolute Gasteiger partial charge is 0.310 e. The number of hydrogen-bond acceptors (Lipinski definition) is 1. The van der Waals surface area contributed by atoms with Crippen molar-refractivity contribution in [2.24, 2.45) is 5.92 Å². The molecule has 0 aromatic heterocycles. The number of nitrogens with one attached hydrogen (secondary N) is 1. The first-order valence-corrected chi connectivity index (χ1v) is 7.23. The Morgan fingerprint density at radius 2 is 1.68 bits per heavy atom. The smallest absolute Gasteiger partial charge is 0.130 e. The minimum Gasteiger partial charge on any atom is -0.310 e. The Morgan fingerprint density at radius 3 is 2.21 bits per heavy atom. The molecule has 1 rings (SSSR count). The molecule has 0 saturated heterocycles. The molecular formula is C16H25F2N. The first kappa shape index (κ1) is 16.1. The summed E-state index contributed by atoms with van der Waals surface area (Å²) in [6.45, 7) is 8.84. The summed E-state index contributed by atoms with van der Waals surface area (Å²) >= 11 is 0. The standard InChI is InChI=1S/C16H25F2N/c1-5-8-19-16(12(6-2)7-3)13-9-11(4)14(17)10-15(13)18/h9-10,12,16,19H,5-8H2,1-4H3. The fourth-order valence-electron chi connectivity index (χ4n) is 2.51. The van der Waals surface area contributed by atoms with Crippen molar-refractivity contribution in [1.82, 2.24) is 5.32 Å². The van der Waals surface area contributed by atoms with E-state index in [2.05, 4.69) is 26.1 Å². The fraction of sp³-hybridized carbons (Fsp3) is 0.625. The molecule has 0 bridgehead atoms. The Morgan fingerprint density at radius 1 is 1.05 bits per heavy atom. The molecule has 0 heterocycles. The van der Waals surface area contributed by atoms with Crippen LogP contribution in [0.1, 0.15) is 57.2 Å². The Balaban J connectivity index is 3.12. The summed E-state index contributed by atoms with van der Waals surface area (Å²) < 4.78 is 27.4. The molecular weight excluding hydrogens is 244 g/mol. The van der Waals surface area contributed by atoms with Gasteiger partial charge in [0.25, 0.3) is 0 Å². The van der Waals surface area contributed by atoms with Gasteiger partial charge in [0, 0.05) is 17.7 Å². The van der Waals surface area contributed by atoms with Crippen molar-refractivity contribution in [3.63, 3.8) is 0 Å². The van der Waals surface area contributed by atoms with Gasteiger partial charge in [-0.05, 0) is 37.4 Å². The van der Waals surface area contributed by atoms with Gasteiger partial charge in [-0.15, -0.1) is 0 Å². The summed E-state index contributed by atoms with van der Waals surface area (Å²) in [5.74, 6) is -0.547. The van der Waals surface area contributed by atoms with Crippen LogP contribution in [-0.4, -0.2) is 6.54 Å². The Kier molecular flexibility index (Phi) is 6.43. The molecule has 108 valence electrons. The van der Waals surface area contributed by atoms with Crippen LogP contribution in [0.4, 0.5) is 8.78 Å². The second kappa shape index (κ2) is 7.59. The number of halogens is 2. The van der Waals surface area contributed by atoms with Crippen molar-refractivity contribution in [3.05, 3.63) is 34.9 Å². The third kappa shape index (κ3) is 4.00. The normalized spacial score (nSPS) is 13.0. The van der Waals surface area contributed by atoms with Crippen molar-refractivity contribution < 1.29 is 8.78 Å². The lowest BCUT2D eigenvalue weighted by atomic mass is 9.87. The molecule has 1 N–H and O–H groups in total. The highest BCUT2D eigenvalue weighted by atomic mass is 19.1. The van der Waals surface area contributed by atoms with Crippen LogP contribution in [0.2, 0.25) is 0 Å². The van der Waals surface area contributed by atoms with E-state index in [9.17, 15) is 8.78 Å². The summed E-state index contributed by atoms with van der Waals surface area (Å²) in [7, 11) is 0. The molecule has 0 fully saturated rings. The zero-order valence-corrected chi connectivity index (χ0v) is 12.4. The number of aryl methyl sites for hydroxylation is 1. The van der Waals surface area contributed by atoms with Gasteiger partial charge in [0.2, 0.25) is 0 Å². The molecule has 0 aliphatic heterocycles. The van der Waals surface area contributed by atoms with E-state index in [1.807, 2.05) is 0 Å². The molecule has 0 saturated carbocycles. The lowest BCUT2D eigenvalue weighted by molar-refractivity contribution is 0.332. The van der Waals surface area contributed by atoms with Gasteiger partial charge in [0.1, 0.15) is 11.6 Å². The maximum Gasteiger partial charge on any atom is 0.130 e. The maximum absolute atomic E-state index is 14.1. The summed E-state index contributed by atoms with van der Waals surface area (Å²) in [5.41, 5.74) is 1.10. The Labute approximate surface area is 115 Å². The van der Waals surface area contributed by atoms with Crippen molar-refractivity contribution in [1.29, 1.82) is 0 Å². The first-order chi connectivity index (χ1) is 9.04. The molecule has 1 atom stereocenters. The first-order valence-electron chi connectivity index (χ1n) is 7.23. The van der Waals surface area contributed by atoms with Crippen molar-refractivity contribution in [2.75, 3.05) is 6.54 Å². The van der Waals surface area contributed by atoms with Crippen LogP contribution in [0.25, 0.3) is 0 Å². The highest BCUT2D eigenvalue weighted by Gasteiger charge is 2.23. The van der Waals surface area contributed by atoms with E-state index in [0.29, 0.717) is 17.0 Å². The minimum atomic E-state index is -0.472. The van der Waals surface area contributed by atoms with Crippen LogP contribution in [0.3, 0.4) is 0 Å². The number of benzene rings is 1.